The molecule has 0 unspecified atom stereocenters. The molecule has 3 aliphatic heterocycles. The van der Waals surface area contributed by atoms with Crippen LogP contribution in [0.25, 0.3) is 0 Å². The molecule has 0 bridgehead atoms. The lowest BCUT2D eigenvalue weighted by atomic mass is 9.95. The van der Waals surface area contributed by atoms with E-state index in [-0.39, 0.29) is 12.2 Å². The van der Waals surface area contributed by atoms with Crippen LogP contribution in [0.4, 0.5) is 0 Å². The molecule has 8 heteroatoms. The zero-order chi connectivity index (χ0) is 25.5. The van der Waals surface area contributed by atoms with Gasteiger partial charge in [-0.2, -0.15) is 0 Å². The summed E-state index contributed by atoms with van der Waals surface area (Å²) in [6.45, 7) is 21.0. The Hall–Kier alpha value is -0.770. The molecule has 8 nitrogen and oxygen atoms in total. The Kier molecular flexibility index (Phi) is 8.13. The second-order valence-electron chi connectivity index (χ2n) is 12.7. The van der Waals surface area contributed by atoms with Gasteiger partial charge in [-0.1, -0.05) is 0 Å². The Labute approximate surface area is 205 Å². The summed E-state index contributed by atoms with van der Waals surface area (Å²) in [7, 11) is 0. The molecule has 2 fully saturated rings. The van der Waals surface area contributed by atoms with E-state index in [4.69, 9.17) is 28.4 Å². The average Bonchev–Trinajstić information content (AvgIpc) is 2.83. The van der Waals surface area contributed by atoms with Crippen molar-refractivity contribution in [3.63, 3.8) is 0 Å². The van der Waals surface area contributed by atoms with Gasteiger partial charge in [-0.05, 0) is 82.1 Å². The summed E-state index contributed by atoms with van der Waals surface area (Å²) in [4.78, 5) is 0. The highest BCUT2D eigenvalue weighted by Gasteiger charge is 2.54. The molecular formula is C26H47NO7. The summed E-state index contributed by atoms with van der Waals surface area (Å²) in [5.41, 5.74) is -0.202. The lowest BCUT2D eigenvalue weighted by Gasteiger charge is -2.38. The third-order valence-corrected chi connectivity index (χ3v) is 6.18. The smallest absolute Gasteiger partial charge is 0.198 e. The fraction of sp³-hybridized carbons (Fsp3) is 0.962. The second-order valence-corrected chi connectivity index (χ2v) is 12.7. The first kappa shape index (κ1) is 27.8. The van der Waals surface area contributed by atoms with E-state index >= 15 is 0 Å². The molecule has 0 aromatic carbocycles. The van der Waals surface area contributed by atoms with Gasteiger partial charge in [0.2, 0.25) is 0 Å². The molecule has 2 saturated heterocycles. The Morgan fingerprint density at radius 3 is 1.85 bits per heavy atom. The third kappa shape index (κ3) is 7.61. The van der Waals surface area contributed by atoms with Gasteiger partial charge in [0.05, 0.1) is 43.0 Å². The van der Waals surface area contributed by atoms with Crippen molar-refractivity contribution in [2.45, 2.75) is 148 Å². The van der Waals surface area contributed by atoms with Crippen molar-refractivity contribution < 1.29 is 33.2 Å². The molecule has 0 aromatic rings. The normalized spacial score (nSPS) is 34.5. The SMILES string of the molecule is CC(C)(C)O[C@@H]1[C@@H](OC(C)(C)C)C(C[C@H]2CCOC(C)(C)O2)=[N+]([O-])[C@H]1C[C@H]1CCOC(C)(C)O1. The first-order valence-corrected chi connectivity index (χ1v) is 12.8. The Morgan fingerprint density at radius 1 is 0.853 bits per heavy atom. The molecule has 0 aliphatic carbocycles. The van der Waals surface area contributed by atoms with Gasteiger partial charge in [0.15, 0.2) is 35.5 Å². The van der Waals surface area contributed by atoms with E-state index in [9.17, 15) is 5.21 Å². The summed E-state index contributed by atoms with van der Waals surface area (Å²) in [6.07, 6.45) is 1.40. The van der Waals surface area contributed by atoms with Crippen LogP contribution in [0.5, 0.6) is 0 Å². The molecule has 0 radical (unpaired) electrons. The summed E-state index contributed by atoms with van der Waals surface area (Å²) in [6, 6.07) is -0.423. The zero-order valence-electron chi connectivity index (χ0n) is 22.9. The molecule has 34 heavy (non-hydrogen) atoms. The number of hydrogen-bond acceptors (Lipinski definition) is 7. The van der Waals surface area contributed by atoms with Crippen molar-refractivity contribution >= 4 is 5.71 Å². The average molecular weight is 486 g/mol. The quantitative estimate of drug-likeness (QED) is 0.403. The molecule has 0 aromatic heterocycles. The molecular weight excluding hydrogens is 438 g/mol. The Morgan fingerprint density at radius 2 is 1.35 bits per heavy atom. The Bertz CT molecular complexity index is 734. The standard InChI is InChI=1S/C26H47NO7/c1-23(2,3)33-21-19(15-17-11-13-29-25(7,8)31-17)27(28)20(22(21)34-24(4,5)6)16-18-12-14-30-26(9,10)32-18/h17-19,21-22H,11-16H2,1-10H3/t17-,18-,19+,21+,22+/m1/s1. The summed E-state index contributed by atoms with van der Waals surface area (Å²) >= 11 is 0. The van der Waals surface area contributed by atoms with Crippen LogP contribution in [0, 0.1) is 5.21 Å². The van der Waals surface area contributed by atoms with E-state index in [1.807, 2.05) is 69.2 Å². The van der Waals surface area contributed by atoms with Gasteiger partial charge in [-0.15, -0.1) is 0 Å². The maximum atomic E-state index is 13.9. The van der Waals surface area contributed by atoms with Crippen molar-refractivity contribution in [2.75, 3.05) is 13.2 Å². The van der Waals surface area contributed by atoms with Crippen LogP contribution >= 0.6 is 0 Å². The topological polar surface area (TPSA) is 81.5 Å². The summed E-state index contributed by atoms with van der Waals surface area (Å²) in [5.74, 6) is -1.33. The molecule has 3 heterocycles. The van der Waals surface area contributed by atoms with Gasteiger partial charge in [-0.25, -0.2) is 4.74 Å². The van der Waals surface area contributed by atoms with Gasteiger partial charge in [0.25, 0.3) is 0 Å². The van der Waals surface area contributed by atoms with Crippen LogP contribution in [-0.2, 0) is 28.4 Å². The predicted octanol–water partition coefficient (Wildman–Crippen LogP) is 4.55. The van der Waals surface area contributed by atoms with Crippen molar-refractivity contribution in [3.05, 3.63) is 5.21 Å². The van der Waals surface area contributed by atoms with E-state index in [2.05, 4.69) is 0 Å². The van der Waals surface area contributed by atoms with E-state index < -0.39 is 41.0 Å². The first-order chi connectivity index (χ1) is 15.4. The van der Waals surface area contributed by atoms with Crippen LogP contribution in [0.15, 0.2) is 0 Å². The van der Waals surface area contributed by atoms with Crippen molar-refractivity contribution in [2.24, 2.45) is 0 Å². The highest BCUT2D eigenvalue weighted by Crippen LogP contribution is 2.35. The largest absolute Gasteiger partial charge is 0.623 e. The first-order valence-electron chi connectivity index (χ1n) is 12.8. The van der Waals surface area contributed by atoms with Gasteiger partial charge < -0.3 is 33.6 Å². The zero-order valence-corrected chi connectivity index (χ0v) is 22.9. The van der Waals surface area contributed by atoms with Crippen molar-refractivity contribution in [1.29, 1.82) is 0 Å². The number of hydroxylamine groups is 1. The lowest BCUT2D eigenvalue weighted by Crippen LogP contribution is -2.49. The van der Waals surface area contributed by atoms with Crippen molar-refractivity contribution in [1.82, 2.24) is 0 Å². The van der Waals surface area contributed by atoms with Crippen LogP contribution in [0.3, 0.4) is 0 Å². The second kappa shape index (κ2) is 9.94. The fourth-order valence-corrected chi connectivity index (χ4v) is 5.04. The number of ether oxygens (including phenoxy) is 6. The molecule has 3 aliphatic rings. The van der Waals surface area contributed by atoms with Gasteiger partial charge in [0.1, 0.15) is 0 Å². The molecule has 0 amide bonds. The van der Waals surface area contributed by atoms with E-state index in [0.717, 1.165) is 17.6 Å². The highest BCUT2D eigenvalue weighted by molar-refractivity contribution is 5.87. The Balaban J connectivity index is 1.92. The van der Waals surface area contributed by atoms with E-state index in [1.165, 1.54) is 0 Å². The van der Waals surface area contributed by atoms with Crippen LogP contribution in [-0.4, -0.2) is 76.9 Å². The molecule has 0 saturated carbocycles. The maximum Gasteiger partial charge on any atom is 0.198 e. The van der Waals surface area contributed by atoms with Gasteiger partial charge >= 0.3 is 0 Å². The fourth-order valence-electron chi connectivity index (χ4n) is 5.04. The lowest BCUT2D eigenvalue weighted by molar-refractivity contribution is -0.510. The highest BCUT2D eigenvalue weighted by atomic mass is 16.7. The molecule has 0 spiro atoms. The minimum absolute atomic E-state index is 0.0934. The van der Waals surface area contributed by atoms with Gasteiger partial charge in [0, 0.05) is 6.42 Å². The predicted molar refractivity (Wildman–Crippen MR) is 130 cm³/mol. The van der Waals surface area contributed by atoms with E-state index in [0.29, 0.717) is 31.8 Å². The maximum absolute atomic E-state index is 13.9. The van der Waals surface area contributed by atoms with Crippen LogP contribution < -0.4 is 0 Å². The molecule has 3 rings (SSSR count). The number of nitrogens with zero attached hydrogens (tertiary/aromatic N) is 1. The molecule has 198 valence electrons. The minimum Gasteiger partial charge on any atom is -0.623 e. The molecule has 5 atom stereocenters. The summed E-state index contributed by atoms with van der Waals surface area (Å²) < 4.78 is 38.0. The van der Waals surface area contributed by atoms with Crippen molar-refractivity contribution in [3.8, 4) is 0 Å². The number of hydrogen-bond donors (Lipinski definition) is 0. The number of rotatable bonds is 6. The van der Waals surface area contributed by atoms with E-state index in [1.54, 1.807) is 0 Å². The van der Waals surface area contributed by atoms with Crippen LogP contribution in [0.1, 0.15) is 94.9 Å². The van der Waals surface area contributed by atoms with Crippen LogP contribution in [0.2, 0.25) is 0 Å². The minimum atomic E-state index is -0.668. The monoisotopic (exact) mass is 485 g/mol. The molecule has 0 N–H and O–H groups in total. The summed E-state index contributed by atoms with van der Waals surface area (Å²) in [5, 5.41) is 13.9. The third-order valence-electron chi connectivity index (χ3n) is 6.18. The van der Waals surface area contributed by atoms with Gasteiger partial charge in [-0.3, -0.25) is 0 Å².